The van der Waals surface area contributed by atoms with Gasteiger partial charge in [-0.15, -0.1) is 0 Å². The maximum atomic E-state index is 12.8. The summed E-state index contributed by atoms with van der Waals surface area (Å²) in [4.78, 5) is 18.2. The molecule has 0 bridgehead atoms. The smallest absolute Gasteiger partial charge is 0.269 e. The first-order chi connectivity index (χ1) is 13.5. The summed E-state index contributed by atoms with van der Waals surface area (Å²) in [6.45, 7) is 6.62. The van der Waals surface area contributed by atoms with Crippen LogP contribution in [0.3, 0.4) is 0 Å². The van der Waals surface area contributed by atoms with Crippen molar-refractivity contribution < 1.29 is 9.63 Å². The quantitative estimate of drug-likeness (QED) is 0.740. The number of anilines is 1. The van der Waals surface area contributed by atoms with Crippen LogP contribution in [0.2, 0.25) is 0 Å². The van der Waals surface area contributed by atoms with E-state index in [-0.39, 0.29) is 5.91 Å². The van der Waals surface area contributed by atoms with Gasteiger partial charge in [-0.25, -0.2) is 4.68 Å². The average molecular weight is 378 g/mol. The van der Waals surface area contributed by atoms with E-state index in [1.165, 1.54) is 0 Å². The lowest BCUT2D eigenvalue weighted by molar-refractivity contribution is -0.125. The standard InChI is InChI=1S/C20H22N6O2/c1-4-25-12-16(14(3)23-25)17-11-18(28-24-17)20(27)21-19-10-13(2)22-26(19)15-8-6-5-7-9-15/h5-10,12,18H,4,11H2,1-3H3,(H,21,27)/t18-/m1/s1. The number of carbonyl (C=O) groups is 1. The van der Waals surface area contributed by atoms with Crippen LogP contribution in [0.4, 0.5) is 5.82 Å². The second-order valence-electron chi connectivity index (χ2n) is 6.73. The van der Waals surface area contributed by atoms with Gasteiger partial charge in [0.2, 0.25) is 6.10 Å². The van der Waals surface area contributed by atoms with Crippen molar-refractivity contribution in [2.45, 2.75) is 39.8 Å². The molecular formula is C20H22N6O2. The number of carbonyl (C=O) groups excluding carboxylic acids is 1. The third kappa shape index (κ3) is 3.40. The van der Waals surface area contributed by atoms with Crippen molar-refractivity contribution in [3.8, 4) is 5.69 Å². The van der Waals surface area contributed by atoms with Gasteiger partial charge in [0, 0.05) is 30.8 Å². The molecule has 0 saturated carbocycles. The highest BCUT2D eigenvalue weighted by Gasteiger charge is 2.31. The largest absolute Gasteiger partial charge is 0.382 e. The van der Waals surface area contributed by atoms with Crippen LogP contribution in [-0.2, 0) is 16.2 Å². The monoisotopic (exact) mass is 378 g/mol. The summed E-state index contributed by atoms with van der Waals surface area (Å²) in [7, 11) is 0. The molecule has 8 nitrogen and oxygen atoms in total. The predicted molar refractivity (Wildman–Crippen MR) is 106 cm³/mol. The van der Waals surface area contributed by atoms with Crippen molar-refractivity contribution in [3.63, 3.8) is 0 Å². The number of nitrogens with one attached hydrogen (secondary N) is 1. The number of oxime groups is 1. The molecule has 0 saturated heterocycles. The minimum absolute atomic E-state index is 0.253. The molecule has 28 heavy (non-hydrogen) atoms. The van der Waals surface area contributed by atoms with Gasteiger partial charge in [0.15, 0.2) is 0 Å². The van der Waals surface area contributed by atoms with Crippen LogP contribution in [0.1, 0.15) is 30.3 Å². The number of aryl methyl sites for hydroxylation is 3. The van der Waals surface area contributed by atoms with Crippen molar-refractivity contribution in [3.05, 3.63) is 59.5 Å². The second-order valence-corrected chi connectivity index (χ2v) is 6.73. The van der Waals surface area contributed by atoms with E-state index in [1.54, 1.807) is 4.68 Å². The highest BCUT2D eigenvalue weighted by molar-refractivity contribution is 6.06. The van der Waals surface area contributed by atoms with Crippen LogP contribution in [0.5, 0.6) is 0 Å². The molecule has 8 heteroatoms. The molecule has 4 rings (SSSR count). The van der Waals surface area contributed by atoms with Crippen molar-refractivity contribution in [1.29, 1.82) is 0 Å². The summed E-state index contributed by atoms with van der Waals surface area (Å²) in [5.41, 5.74) is 4.22. The summed E-state index contributed by atoms with van der Waals surface area (Å²) >= 11 is 0. The van der Waals surface area contributed by atoms with Gasteiger partial charge in [0.25, 0.3) is 5.91 Å². The molecule has 3 heterocycles. The Hall–Kier alpha value is -3.42. The minimum atomic E-state index is -0.682. The highest BCUT2D eigenvalue weighted by Crippen LogP contribution is 2.22. The normalized spacial score (nSPS) is 16.0. The van der Waals surface area contributed by atoms with E-state index in [2.05, 4.69) is 20.7 Å². The molecule has 1 N–H and O–H groups in total. The van der Waals surface area contributed by atoms with Crippen molar-refractivity contribution in [2.75, 3.05) is 5.32 Å². The fraction of sp³-hybridized carbons (Fsp3) is 0.300. The van der Waals surface area contributed by atoms with Gasteiger partial charge in [-0.1, -0.05) is 23.4 Å². The number of para-hydroxylation sites is 1. The van der Waals surface area contributed by atoms with E-state index in [9.17, 15) is 4.79 Å². The summed E-state index contributed by atoms with van der Waals surface area (Å²) in [6.07, 6.45) is 1.66. The molecular weight excluding hydrogens is 356 g/mol. The zero-order valence-corrected chi connectivity index (χ0v) is 16.1. The number of nitrogens with zero attached hydrogens (tertiary/aromatic N) is 5. The molecule has 0 aliphatic carbocycles. The van der Waals surface area contributed by atoms with Gasteiger partial charge >= 0.3 is 0 Å². The van der Waals surface area contributed by atoms with E-state index in [0.29, 0.717) is 12.2 Å². The number of benzene rings is 1. The van der Waals surface area contributed by atoms with Gasteiger partial charge in [-0.05, 0) is 32.9 Å². The van der Waals surface area contributed by atoms with Crippen molar-refractivity contribution >= 4 is 17.4 Å². The maximum absolute atomic E-state index is 12.8. The van der Waals surface area contributed by atoms with Gasteiger partial charge in [0.1, 0.15) is 5.82 Å². The van der Waals surface area contributed by atoms with E-state index in [1.807, 2.05) is 68.0 Å². The van der Waals surface area contributed by atoms with Crippen LogP contribution in [0.15, 0.2) is 47.8 Å². The van der Waals surface area contributed by atoms with Crippen LogP contribution < -0.4 is 5.32 Å². The molecule has 0 unspecified atom stereocenters. The minimum Gasteiger partial charge on any atom is -0.382 e. The van der Waals surface area contributed by atoms with Gasteiger partial charge < -0.3 is 10.2 Å². The summed E-state index contributed by atoms with van der Waals surface area (Å²) in [5.74, 6) is 0.345. The van der Waals surface area contributed by atoms with Crippen LogP contribution >= 0.6 is 0 Å². The predicted octanol–water partition coefficient (Wildman–Crippen LogP) is 2.84. The maximum Gasteiger partial charge on any atom is 0.269 e. The Morgan fingerprint density at radius 1 is 1.25 bits per heavy atom. The van der Waals surface area contributed by atoms with Gasteiger partial charge in [-0.2, -0.15) is 10.2 Å². The van der Waals surface area contributed by atoms with Gasteiger partial charge in [0.05, 0.1) is 22.8 Å². The summed E-state index contributed by atoms with van der Waals surface area (Å²) in [6, 6.07) is 11.5. The Labute approximate surface area is 162 Å². The summed E-state index contributed by atoms with van der Waals surface area (Å²) < 4.78 is 3.56. The Balaban J connectivity index is 1.48. The molecule has 1 aliphatic heterocycles. The van der Waals surface area contributed by atoms with Crippen LogP contribution in [-0.4, -0.2) is 37.3 Å². The fourth-order valence-corrected chi connectivity index (χ4v) is 3.20. The Bertz CT molecular complexity index is 1030. The van der Waals surface area contributed by atoms with E-state index >= 15 is 0 Å². The third-order valence-corrected chi connectivity index (χ3v) is 4.63. The second kappa shape index (κ2) is 7.30. The zero-order valence-electron chi connectivity index (χ0n) is 16.1. The number of aromatic nitrogens is 4. The first-order valence-corrected chi connectivity index (χ1v) is 9.25. The molecule has 1 aromatic carbocycles. The SMILES string of the molecule is CCn1cc(C2=NO[C@@H](C(=O)Nc3cc(C)nn3-c3ccccc3)C2)c(C)n1. The lowest BCUT2D eigenvalue weighted by atomic mass is 10.1. The molecule has 144 valence electrons. The fourth-order valence-electron chi connectivity index (χ4n) is 3.20. The number of amides is 1. The first-order valence-electron chi connectivity index (χ1n) is 9.25. The third-order valence-electron chi connectivity index (χ3n) is 4.63. The van der Waals surface area contributed by atoms with Crippen molar-refractivity contribution in [2.24, 2.45) is 5.16 Å². The van der Waals surface area contributed by atoms with E-state index < -0.39 is 6.10 Å². The summed E-state index contributed by atoms with van der Waals surface area (Å²) in [5, 5.41) is 15.9. The molecule has 1 aliphatic rings. The number of hydrogen-bond donors (Lipinski definition) is 1. The lowest BCUT2D eigenvalue weighted by Crippen LogP contribution is -2.29. The Morgan fingerprint density at radius 2 is 2.04 bits per heavy atom. The van der Waals surface area contributed by atoms with Crippen LogP contribution in [0, 0.1) is 13.8 Å². The zero-order chi connectivity index (χ0) is 19.7. The molecule has 2 aromatic heterocycles. The highest BCUT2D eigenvalue weighted by atomic mass is 16.6. The topological polar surface area (TPSA) is 86.3 Å². The average Bonchev–Trinajstić information content (AvgIpc) is 3.40. The molecule has 0 spiro atoms. The van der Waals surface area contributed by atoms with Crippen molar-refractivity contribution in [1.82, 2.24) is 19.6 Å². The lowest BCUT2D eigenvalue weighted by Gasteiger charge is -2.11. The Kier molecular flexibility index (Phi) is 4.68. The van der Waals surface area contributed by atoms with Gasteiger partial charge in [-0.3, -0.25) is 9.48 Å². The molecule has 1 atom stereocenters. The van der Waals surface area contributed by atoms with E-state index in [4.69, 9.17) is 4.84 Å². The number of hydrogen-bond acceptors (Lipinski definition) is 5. The molecule has 0 fully saturated rings. The van der Waals surface area contributed by atoms with E-state index in [0.717, 1.165) is 34.9 Å². The number of rotatable bonds is 5. The molecule has 1 amide bonds. The molecule has 3 aromatic rings. The first kappa shape index (κ1) is 18.0. The Morgan fingerprint density at radius 3 is 2.75 bits per heavy atom. The molecule has 0 radical (unpaired) electrons. The van der Waals surface area contributed by atoms with Crippen LogP contribution in [0.25, 0.3) is 5.69 Å².